The zero-order chi connectivity index (χ0) is 20.3. The fraction of sp³-hybridized carbons (Fsp3) is 0.333. The second-order valence-electron chi connectivity index (χ2n) is 7.03. The number of Topliss-reactive ketones (excluding diaryl/α,β-unsaturated/α-hetero) is 2. The van der Waals surface area contributed by atoms with Gasteiger partial charge in [-0.3, -0.25) is 9.59 Å². The number of fused-ring (bicyclic) bond motifs is 2. The molecule has 1 aliphatic heterocycles. The number of hydrogen-bond donors (Lipinski definition) is 1. The van der Waals surface area contributed by atoms with Crippen LogP contribution in [0, 0.1) is 0 Å². The monoisotopic (exact) mass is 384 g/mol. The molecule has 2 aromatic rings. The number of aliphatic hydroxyl groups is 1. The Bertz CT molecular complexity index is 1010. The molecule has 1 N–H and O–H groups in total. The highest BCUT2D eigenvalue weighted by molar-refractivity contribution is 6.17. The maximum absolute atomic E-state index is 13.1. The van der Waals surface area contributed by atoms with E-state index < -0.39 is 16.8 Å². The second-order valence-corrected chi connectivity index (χ2v) is 7.03. The van der Waals surface area contributed by atoms with E-state index in [1.165, 1.54) is 34.1 Å². The molecule has 1 heterocycles. The van der Waals surface area contributed by atoms with Gasteiger partial charge in [0.2, 0.25) is 6.79 Å². The fourth-order valence-electron chi connectivity index (χ4n) is 4.38. The van der Waals surface area contributed by atoms with Crippen LogP contribution in [0.1, 0.15) is 35.3 Å². The van der Waals surface area contributed by atoms with Crippen molar-refractivity contribution >= 4 is 11.6 Å². The first-order valence-electron chi connectivity index (χ1n) is 8.73. The topological polar surface area (TPSA) is 91.3 Å². The van der Waals surface area contributed by atoms with E-state index >= 15 is 0 Å². The number of hydrogen-bond acceptors (Lipinski definition) is 7. The van der Waals surface area contributed by atoms with Gasteiger partial charge < -0.3 is 24.1 Å². The van der Waals surface area contributed by atoms with Gasteiger partial charge in [-0.15, -0.1) is 0 Å². The van der Waals surface area contributed by atoms with Crippen molar-refractivity contribution in [3.8, 4) is 23.0 Å². The lowest BCUT2D eigenvalue weighted by atomic mass is 9.65. The van der Waals surface area contributed by atoms with Gasteiger partial charge in [0.15, 0.2) is 28.8 Å². The number of ketones is 2. The molecule has 0 bridgehead atoms. The van der Waals surface area contributed by atoms with Crippen molar-refractivity contribution in [1.29, 1.82) is 0 Å². The number of methoxy groups -OCH3 is 2. The molecule has 7 nitrogen and oxygen atoms in total. The van der Waals surface area contributed by atoms with Crippen LogP contribution in [0.5, 0.6) is 23.0 Å². The minimum absolute atomic E-state index is 0.0340. The van der Waals surface area contributed by atoms with Crippen molar-refractivity contribution in [3.05, 3.63) is 47.0 Å². The molecular formula is C21H20O7. The molecule has 28 heavy (non-hydrogen) atoms. The Hall–Kier alpha value is -3.06. The van der Waals surface area contributed by atoms with Crippen LogP contribution in [-0.4, -0.2) is 43.3 Å². The standard InChI is InChI=1S/C21H20O7/c1-11(22)21(12-5-6-15(25-3)16(7-12)26-4)14-9-18-17(27-10-28-18)8-13(14)19(23)20(21,2)24/h5-9,24H,10H2,1-4H3. The molecule has 0 saturated heterocycles. The molecule has 0 fully saturated rings. The molecule has 4 rings (SSSR count). The summed E-state index contributed by atoms with van der Waals surface area (Å²) in [6.07, 6.45) is 0. The van der Waals surface area contributed by atoms with E-state index in [0.29, 0.717) is 34.1 Å². The smallest absolute Gasteiger partial charge is 0.231 e. The van der Waals surface area contributed by atoms with E-state index in [2.05, 4.69) is 0 Å². The van der Waals surface area contributed by atoms with Crippen molar-refractivity contribution in [2.75, 3.05) is 21.0 Å². The average molecular weight is 384 g/mol. The van der Waals surface area contributed by atoms with Gasteiger partial charge >= 0.3 is 0 Å². The van der Waals surface area contributed by atoms with Gasteiger partial charge in [0.1, 0.15) is 16.8 Å². The zero-order valence-corrected chi connectivity index (χ0v) is 16.0. The van der Waals surface area contributed by atoms with Crippen LogP contribution in [0.15, 0.2) is 30.3 Å². The van der Waals surface area contributed by atoms with Crippen molar-refractivity contribution in [2.45, 2.75) is 24.9 Å². The Morgan fingerprint density at radius 2 is 1.71 bits per heavy atom. The van der Waals surface area contributed by atoms with Gasteiger partial charge in [0.05, 0.1) is 14.2 Å². The van der Waals surface area contributed by atoms with Gasteiger partial charge in [-0.1, -0.05) is 6.07 Å². The van der Waals surface area contributed by atoms with Crippen LogP contribution in [-0.2, 0) is 10.2 Å². The molecule has 0 aromatic heterocycles. The van der Waals surface area contributed by atoms with Crippen LogP contribution in [0.2, 0.25) is 0 Å². The molecule has 2 aromatic carbocycles. The quantitative estimate of drug-likeness (QED) is 0.864. The number of ether oxygens (including phenoxy) is 4. The number of carbonyl (C=O) groups is 2. The molecule has 0 amide bonds. The van der Waals surface area contributed by atoms with E-state index in [1.54, 1.807) is 24.3 Å². The summed E-state index contributed by atoms with van der Waals surface area (Å²) in [5.74, 6) is 0.768. The van der Waals surface area contributed by atoms with Gasteiger partial charge in [0.25, 0.3) is 0 Å². The maximum atomic E-state index is 13.1. The third-order valence-electron chi connectivity index (χ3n) is 5.68. The summed E-state index contributed by atoms with van der Waals surface area (Å²) >= 11 is 0. The van der Waals surface area contributed by atoms with E-state index in [0.717, 1.165) is 0 Å². The van der Waals surface area contributed by atoms with Crippen LogP contribution in [0.3, 0.4) is 0 Å². The maximum Gasteiger partial charge on any atom is 0.231 e. The van der Waals surface area contributed by atoms with Crippen LogP contribution >= 0.6 is 0 Å². The lowest BCUT2D eigenvalue weighted by Crippen LogP contribution is -2.54. The van der Waals surface area contributed by atoms with Crippen molar-refractivity contribution in [3.63, 3.8) is 0 Å². The van der Waals surface area contributed by atoms with Gasteiger partial charge in [-0.25, -0.2) is 0 Å². The summed E-state index contributed by atoms with van der Waals surface area (Å²) < 4.78 is 21.5. The number of benzene rings is 2. The molecule has 2 atom stereocenters. The molecule has 2 aliphatic rings. The van der Waals surface area contributed by atoms with Crippen LogP contribution < -0.4 is 18.9 Å². The largest absolute Gasteiger partial charge is 0.493 e. The molecule has 0 saturated carbocycles. The summed E-state index contributed by atoms with van der Waals surface area (Å²) in [7, 11) is 2.98. The minimum atomic E-state index is -2.00. The van der Waals surface area contributed by atoms with E-state index in [1.807, 2.05) is 0 Å². The first-order chi connectivity index (χ1) is 13.3. The fourth-order valence-corrected chi connectivity index (χ4v) is 4.38. The highest BCUT2D eigenvalue weighted by Gasteiger charge is 2.64. The minimum Gasteiger partial charge on any atom is -0.493 e. The Morgan fingerprint density at radius 3 is 2.32 bits per heavy atom. The molecule has 1 aliphatic carbocycles. The second kappa shape index (κ2) is 5.97. The van der Waals surface area contributed by atoms with Gasteiger partial charge in [-0.05, 0) is 49.2 Å². The van der Waals surface area contributed by atoms with E-state index in [-0.39, 0.29) is 18.1 Å². The van der Waals surface area contributed by atoms with Gasteiger partial charge in [0, 0.05) is 5.56 Å². The zero-order valence-electron chi connectivity index (χ0n) is 16.0. The predicted octanol–water partition coefficient (Wildman–Crippen LogP) is 2.25. The normalized spacial score (nSPS) is 24.8. The van der Waals surface area contributed by atoms with Crippen molar-refractivity contribution in [1.82, 2.24) is 0 Å². The molecular weight excluding hydrogens is 364 g/mol. The van der Waals surface area contributed by atoms with E-state index in [9.17, 15) is 14.7 Å². The summed E-state index contributed by atoms with van der Waals surface area (Å²) in [4.78, 5) is 26.2. The first kappa shape index (κ1) is 18.3. The summed E-state index contributed by atoms with van der Waals surface area (Å²) in [5.41, 5.74) is -2.59. The first-order valence-corrected chi connectivity index (χ1v) is 8.73. The highest BCUT2D eigenvalue weighted by atomic mass is 16.7. The predicted molar refractivity (Wildman–Crippen MR) is 98.5 cm³/mol. The lowest BCUT2D eigenvalue weighted by Gasteiger charge is -2.38. The summed E-state index contributed by atoms with van der Waals surface area (Å²) in [6, 6.07) is 8.05. The third-order valence-corrected chi connectivity index (χ3v) is 5.68. The Morgan fingerprint density at radius 1 is 1.07 bits per heavy atom. The molecule has 7 heteroatoms. The number of rotatable bonds is 4. The van der Waals surface area contributed by atoms with Crippen LogP contribution in [0.25, 0.3) is 0 Å². The van der Waals surface area contributed by atoms with Crippen molar-refractivity contribution < 1.29 is 33.6 Å². The van der Waals surface area contributed by atoms with Crippen molar-refractivity contribution in [2.24, 2.45) is 0 Å². The Labute approximate surface area is 161 Å². The molecule has 146 valence electrons. The number of carbonyl (C=O) groups excluding carboxylic acids is 2. The highest BCUT2D eigenvalue weighted by Crippen LogP contribution is 2.54. The average Bonchev–Trinajstić information content (AvgIpc) is 3.19. The van der Waals surface area contributed by atoms with E-state index in [4.69, 9.17) is 18.9 Å². The summed E-state index contributed by atoms with van der Waals surface area (Å²) in [6.45, 7) is 2.75. The third kappa shape index (κ3) is 2.08. The SMILES string of the molecule is COc1ccc(C2(C(C)=O)c3cc4c(cc3C(=O)C2(C)O)OCO4)cc1OC. The lowest BCUT2D eigenvalue weighted by molar-refractivity contribution is -0.126. The van der Waals surface area contributed by atoms with Gasteiger partial charge in [-0.2, -0.15) is 0 Å². The molecule has 2 unspecified atom stereocenters. The Kier molecular flexibility index (Phi) is 3.90. The molecule has 0 radical (unpaired) electrons. The Balaban J connectivity index is 2.07. The molecule has 0 spiro atoms. The van der Waals surface area contributed by atoms with Crippen LogP contribution in [0.4, 0.5) is 0 Å². The summed E-state index contributed by atoms with van der Waals surface area (Å²) in [5, 5.41) is 11.4.